The number of hydrogen-bond donors (Lipinski definition) is 1. The maximum Gasteiger partial charge on any atom is 0.0948 e. The molecule has 0 unspecified atom stereocenters. The van der Waals surface area contributed by atoms with Crippen molar-refractivity contribution in [1.29, 1.82) is 0 Å². The quantitative estimate of drug-likeness (QED) is 0.880. The molecule has 0 atom stereocenters. The van der Waals surface area contributed by atoms with E-state index in [0.29, 0.717) is 6.04 Å². The summed E-state index contributed by atoms with van der Waals surface area (Å²) < 4.78 is 4.27. The van der Waals surface area contributed by atoms with Crippen molar-refractivity contribution in [3.05, 3.63) is 29.6 Å². The molecule has 2 aromatic heterocycles. The molecule has 0 aliphatic rings. The van der Waals surface area contributed by atoms with Crippen LogP contribution in [0.5, 0.6) is 0 Å². The molecule has 0 fully saturated rings. The summed E-state index contributed by atoms with van der Waals surface area (Å²) >= 11 is 0. The summed E-state index contributed by atoms with van der Waals surface area (Å²) in [5.41, 5.74) is 4.60. The highest BCUT2D eigenvalue weighted by atomic mass is 15.3. The summed E-state index contributed by atoms with van der Waals surface area (Å²) in [6.07, 6.45) is 4.95. The Bertz CT molecular complexity index is 565. The molecular formula is C15H25N5. The number of nitrogens with one attached hydrogen (secondary N) is 1. The van der Waals surface area contributed by atoms with Crippen LogP contribution in [-0.2, 0) is 13.1 Å². The van der Waals surface area contributed by atoms with E-state index in [1.165, 1.54) is 11.4 Å². The number of aromatic nitrogens is 4. The molecule has 0 aromatic carbocycles. The highest BCUT2D eigenvalue weighted by Crippen LogP contribution is 2.23. The Balaban J connectivity index is 2.13. The van der Waals surface area contributed by atoms with Crippen LogP contribution in [-0.4, -0.2) is 19.3 Å². The summed E-state index contributed by atoms with van der Waals surface area (Å²) in [6.45, 7) is 12.5. The van der Waals surface area contributed by atoms with E-state index in [2.05, 4.69) is 59.3 Å². The predicted molar refractivity (Wildman–Crippen MR) is 81.9 cm³/mol. The summed E-state index contributed by atoms with van der Waals surface area (Å²) in [7, 11) is 0. The van der Waals surface area contributed by atoms with Gasteiger partial charge in [-0.05, 0) is 34.1 Å². The van der Waals surface area contributed by atoms with Gasteiger partial charge in [0.2, 0.25) is 0 Å². The zero-order chi connectivity index (χ0) is 14.7. The maximum atomic E-state index is 4.60. The van der Waals surface area contributed by atoms with Crippen molar-refractivity contribution in [3.8, 4) is 0 Å². The predicted octanol–water partition coefficient (Wildman–Crippen LogP) is 3.30. The van der Waals surface area contributed by atoms with E-state index in [1.54, 1.807) is 0 Å². The summed E-state index contributed by atoms with van der Waals surface area (Å²) in [5, 5.41) is 8.11. The molecule has 5 nitrogen and oxygen atoms in total. The van der Waals surface area contributed by atoms with Crippen LogP contribution in [0.4, 0.5) is 5.69 Å². The van der Waals surface area contributed by atoms with Crippen molar-refractivity contribution >= 4 is 5.69 Å². The molecule has 20 heavy (non-hydrogen) atoms. The second-order valence-electron chi connectivity index (χ2n) is 5.52. The molecule has 0 radical (unpaired) electrons. The molecule has 0 spiro atoms. The third kappa shape index (κ3) is 2.86. The number of rotatable bonds is 6. The third-order valence-corrected chi connectivity index (χ3v) is 3.52. The molecule has 5 heteroatoms. The molecule has 2 aromatic rings. The zero-order valence-electron chi connectivity index (χ0n) is 13.1. The fourth-order valence-corrected chi connectivity index (χ4v) is 2.54. The largest absolute Gasteiger partial charge is 0.376 e. The zero-order valence-corrected chi connectivity index (χ0v) is 13.1. The molecule has 2 rings (SSSR count). The molecule has 0 saturated carbocycles. The van der Waals surface area contributed by atoms with E-state index in [0.717, 1.165) is 30.9 Å². The Morgan fingerprint density at radius 3 is 2.65 bits per heavy atom. The highest BCUT2D eigenvalue weighted by Gasteiger charge is 2.13. The van der Waals surface area contributed by atoms with E-state index in [4.69, 9.17) is 0 Å². The van der Waals surface area contributed by atoms with Crippen LogP contribution < -0.4 is 5.32 Å². The van der Waals surface area contributed by atoms with E-state index in [-0.39, 0.29) is 0 Å². The lowest BCUT2D eigenvalue weighted by molar-refractivity contribution is 0.516. The van der Waals surface area contributed by atoms with Crippen LogP contribution in [0.25, 0.3) is 0 Å². The van der Waals surface area contributed by atoms with Crippen LogP contribution in [0.2, 0.25) is 0 Å². The van der Waals surface area contributed by atoms with Gasteiger partial charge in [0.15, 0.2) is 0 Å². The fourth-order valence-electron chi connectivity index (χ4n) is 2.54. The van der Waals surface area contributed by atoms with Crippen molar-refractivity contribution in [2.24, 2.45) is 0 Å². The third-order valence-electron chi connectivity index (χ3n) is 3.52. The summed E-state index contributed by atoms with van der Waals surface area (Å²) in [4.78, 5) is 4.23. The maximum absolute atomic E-state index is 4.60. The second-order valence-corrected chi connectivity index (χ2v) is 5.52. The van der Waals surface area contributed by atoms with E-state index < -0.39 is 0 Å². The van der Waals surface area contributed by atoms with Gasteiger partial charge in [-0.15, -0.1) is 0 Å². The highest BCUT2D eigenvalue weighted by molar-refractivity contribution is 5.52. The fraction of sp³-hybridized carbons (Fsp3) is 0.600. The first-order valence-electron chi connectivity index (χ1n) is 7.33. The lowest BCUT2D eigenvalue weighted by atomic mass is 10.3. The molecule has 110 valence electrons. The SMILES string of the molecule is CCCn1cncc1CNc1c(C)nn(C(C)C)c1C. The van der Waals surface area contributed by atoms with Gasteiger partial charge in [0.05, 0.1) is 35.6 Å². The minimum atomic E-state index is 0.384. The monoisotopic (exact) mass is 275 g/mol. The first-order chi connectivity index (χ1) is 9.54. The first kappa shape index (κ1) is 14.6. The minimum absolute atomic E-state index is 0.384. The Labute approximate surface area is 121 Å². The van der Waals surface area contributed by atoms with Gasteiger partial charge < -0.3 is 9.88 Å². The normalized spacial score (nSPS) is 11.3. The molecule has 0 saturated heterocycles. The molecule has 2 heterocycles. The Morgan fingerprint density at radius 1 is 1.30 bits per heavy atom. The van der Waals surface area contributed by atoms with Crippen molar-refractivity contribution in [2.45, 2.75) is 60.2 Å². The number of anilines is 1. The number of hydrogen-bond acceptors (Lipinski definition) is 3. The van der Waals surface area contributed by atoms with Crippen molar-refractivity contribution in [3.63, 3.8) is 0 Å². The van der Waals surface area contributed by atoms with E-state index >= 15 is 0 Å². The number of aryl methyl sites for hydroxylation is 2. The second kappa shape index (κ2) is 6.11. The van der Waals surface area contributed by atoms with Gasteiger partial charge in [0, 0.05) is 18.8 Å². The Kier molecular flexibility index (Phi) is 4.47. The van der Waals surface area contributed by atoms with Gasteiger partial charge in [0.25, 0.3) is 0 Å². The Hall–Kier alpha value is -1.78. The number of imidazole rings is 1. The van der Waals surface area contributed by atoms with Crippen LogP contribution in [0, 0.1) is 13.8 Å². The summed E-state index contributed by atoms with van der Waals surface area (Å²) in [5.74, 6) is 0. The topological polar surface area (TPSA) is 47.7 Å². The molecule has 0 bridgehead atoms. The van der Waals surface area contributed by atoms with Crippen LogP contribution in [0.1, 0.15) is 50.3 Å². The average molecular weight is 275 g/mol. The van der Waals surface area contributed by atoms with Crippen LogP contribution in [0.15, 0.2) is 12.5 Å². The lowest BCUT2D eigenvalue weighted by Crippen LogP contribution is -2.08. The van der Waals surface area contributed by atoms with Gasteiger partial charge in [-0.2, -0.15) is 5.10 Å². The summed E-state index contributed by atoms with van der Waals surface area (Å²) in [6, 6.07) is 0.384. The van der Waals surface area contributed by atoms with Crippen molar-refractivity contribution in [2.75, 3.05) is 5.32 Å². The molecule has 1 N–H and O–H groups in total. The van der Waals surface area contributed by atoms with Crippen molar-refractivity contribution in [1.82, 2.24) is 19.3 Å². The van der Waals surface area contributed by atoms with Gasteiger partial charge >= 0.3 is 0 Å². The van der Waals surface area contributed by atoms with Gasteiger partial charge in [-0.25, -0.2) is 4.98 Å². The molecule has 0 aliphatic carbocycles. The van der Waals surface area contributed by atoms with Gasteiger partial charge in [-0.1, -0.05) is 6.92 Å². The number of nitrogens with zero attached hydrogens (tertiary/aromatic N) is 4. The average Bonchev–Trinajstić information content (AvgIpc) is 2.94. The lowest BCUT2D eigenvalue weighted by Gasteiger charge is -2.11. The minimum Gasteiger partial charge on any atom is -0.376 e. The Morgan fingerprint density at radius 2 is 2.05 bits per heavy atom. The van der Waals surface area contributed by atoms with E-state index in [1.807, 2.05) is 12.5 Å². The van der Waals surface area contributed by atoms with Gasteiger partial charge in [0.1, 0.15) is 0 Å². The molecule has 0 amide bonds. The van der Waals surface area contributed by atoms with E-state index in [9.17, 15) is 0 Å². The van der Waals surface area contributed by atoms with Crippen molar-refractivity contribution < 1.29 is 0 Å². The molecule has 0 aliphatic heterocycles. The van der Waals surface area contributed by atoms with Crippen LogP contribution >= 0.6 is 0 Å². The first-order valence-corrected chi connectivity index (χ1v) is 7.33. The smallest absolute Gasteiger partial charge is 0.0948 e. The van der Waals surface area contributed by atoms with Gasteiger partial charge in [-0.3, -0.25) is 4.68 Å². The molecular weight excluding hydrogens is 250 g/mol. The standard InChI is InChI=1S/C15H25N5/c1-6-7-19-10-16-8-14(19)9-17-15-12(4)18-20(11(2)3)13(15)5/h8,10-11,17H,6-7,9H2,1-5H3. The van der Waals surface area contributed by atoms with Crippen LogP contribution in [0.3, 0.4) is 0 Å².